The van der Waals surface area contributed by atoms with Crippen LogP contribution in [0.2, 0.25) is 0 Å². The summed E-state index contributed by atoms with van der Waals surface area (Å²) >= 11 is 0. The number of hydrogen-bond acceptors (Lipinski definition) is 3. The zero-order valence-electron chi connectivity index (χ0n) is 11.9. The van der Waals surface area contributed by atoms with Crippen molar-refractivity contribution in [3.05, 3.63) is 23.3 Å². The van der Waals surface area contributed by atoms with Gasteiger partial charge in [-0.15, -0.1) is 0 Å². The van der Waals surface area contributed by atoms with Crippen LogP contribution in [0, 0.1) is 13.8 Å². The predicted molar refractivity (Wildman–Crippen MR) is 76.5 cm³/mol. The Hall–Kier alpha value is -1.22. The zero-order chi connectivity index (χ0) is 13.3. The first-order valence-corrected chi connectivity index (χ1v) is 6.68. The van der Waals surface area contributed by atoms with Crippen molar-refractivity contribution in [3.63, 3.8) is 0 Å². The van der Waals surface area contributed by atoms with Gasteiger partial charge in [0.05, 0.1) is 12.8 Å². The van der Waals surface area contributed by atoms with E-state index in [1.54, 1.807) is 7.11 Å². The van der Waals surface area contributed by atoms with E-state index in [-0.39, 0.29) is 6.04 Å². The van der Waals surface area contributed by atoms with Gasteiger partial charge in [-0.25, -0.2) is 0 Å². The predicted octanol–water partition coefficient (Wildman–Crippen LogP) is 2.63. The Balaban J connectivity index is 2.37. The molecule has 18 heavy (non-hydrogen) atoms. The Kier molecular flexibility index (Phi) is 3.81. The molecule has 0 radical (unpaired) electrons. The van der Waals surface area contributed by atoms with Gasteiger partial charge in [0.25, 0.3) is 0 Å². The summed E-state index contributed by atoms with van der Waals surface area (Å²) in [6, 6.07) is 5.01. The first-order chi connectivity index (χ1) is 8.54. The number of methoxy groups -OCH3 is 1. The van der Waals surface area contributed by atoms with Gasteiger partial charge in [0.15, 0.2) is 0 Å². The molecule has 100 valence electrons. The van der Waals surface area contributed by atoms with Crippen LogP contribution in [0.1, 0.15) is 30.4 Å². The third kappa shape index (κ3) is 2.32. The van der Waals surface area contributed by atoms with Crippen molar-refractivity contribution in [1.29, 1.82) is 0 Å². The molecule has 1 aromatic rings. The third-order valence-corrected chi connectivity index (χ3v) is 4.01. The molecule has 2 unspecified atom stereocenters. The Morgan fingerprint density at radius 1 is 1.28 bits per heavy atom. The van der Waals surface area contributed by atoms with E-state index in [2.05, 4.69) is 37.9 Å². The minimum absolute atomic E-state index is 0.278. The van der Waals surface area contributed by atoms with E-state index in [0.29, 0.717) is 6.04 Å². The molecule has 1 aliphatic carbocycles. The molecule has 1 saturated carbocycles. The van der Waals surface area contributed by atoms with Crippen LogP contribution in [0.3, 0.4) is 0 Å². The number of rotatable bonds is 3. The molecule has 0 bridgehead atoms. The second-order valence-corrected chi connectivity index (χ2v) is 5.41. The highest BCUT2D eigenvalue weighted by Crippen LogP contribution is 2.36. The van der Waals surface area contributed by atoms with Crippen LogP contribution in [-0.2, 0) is 0 Å². The summed E-state index contributed by atoms with van der Waals surface area (Å²) < 4.78 is 5.54. The van der Waals surface area contributed by atoms with Gasteiger partial charge in [0, 0.05) is 19.1 Å². The van der Waals surface area contributed by atoms with Crippen molar-refractivity contribution in [2.75, 3.05) is 19.1 Å². The van der Waals surface area contributed by atoms with Crippen LogP contribution in [0.4, 0.5) is 5.69 Å². The van der Waals surface area contributed by atoms with E-state index in [0.717, 1.165) is 12.2 Å². The van der Waals surface area contributed by atoms with Crippen LogP contribution in [-0.4, -0.2) is 26.2 Å². The minimum Gasteiger partial charge on any atom is -0.495 e. The molecule has 0 spiro atoms. The lowest BCUT2D eigenvalue weighted by molar-refractivity contribution is 0.412. The second kappa shape index (κ2) is 5.19. The summed E-state index contributed by atoms with van der Waals surface area (Å²) in [5.74, 6) is 0.953. The molecular formula is C15H24N2O. The van der Waals surface area contributed by atoms with Crippen molar-refractivity contribution in [2.24, 2.45) is 5.73 Å². The fourth-order valence-electron chi connectivity index (χ4n) is 3.14. The van der Waals surface area contributed by atoms with Crippen LogP contribution in [0.15, 0.2) is 12.1 Å². The molecule has 1 aromatic carbocycles. The highest BCUT2D eigenvalue weighted by molar-refractivity contribution is 5.65. The number of likely N-dealkylation sites (N-methyl/N-ethyl adjacent to an activating group) is 1. The smallest absolute Gasteiger partial charge is 0.142 e. The number of anilines is 1. The van der Waals surface area contributed by atoms with E-state index < -0.39 is 0 Å². The average molecular weight is 248 g/mol. The summed E-state index contributed by atoms with van der Waals surface area (Å²) in [5, 5.41) is 0. The van der Waals surface area contributed by atoms with Gasteiger partial charge in [-0.2, -0.15) is 0 Å². The molecule has 2 atom stereocenters. The summed E-state index contributed by atoms with van der Waals surface area (Å²) in [5.41, 5.74) is 9.88. The van der Waals surface area contributed by atoms with Crippen LogP contribution >= 0.6 is 0 Å². The van der Waals surface area contributed by atoms with Gasteiger partial charge in [0.2, 0.25) is 0 Å². The highest BCUT2D eigenvalue weighted by atomic mass is 16.5. The van der Waals surface area contributed by atoms with Gasteiger partial charge in [0.1, 0.15) is 5.75 Å². The summed E-state index contributed by atoms with van der Waals surface area (Å²) in [6.07, 6.45) is 3.53. The number of benzene rings is 1. The Labute approximate surface area is 110 Å². The van der Waals surface area contributed by atoms with Crippen molar-refractivity contribution >= 4 is 5.69 Å². The SMILES string of the molecule is COc1cc(C)cc(C)c1N(C)C1CCCC1N. The lowest BCUT2D eigenvalue weighted by atomic mass is 10.1. The maximum atomic E-state index is 6.21. The van der Waals surface area contributed by atoms with Crippen molar-refractivity contribution in [3.8, 4) is 5.75 Å². The van der Waals surface area contributed by atoms with Gasteiger partial charge in [-0.3, -0.25) is 0 Å². The van der Waals surface area contributed by atoms with Crippen LogP contribution < -0.4 is 15.4 Å². The standard InChI is InChI=1S/C15H24N2O/c1-10-8-11(2)15(14(9-10)18-4)17(3)13-7-5-6-12(13)16/h8-9,12-13H,5-7,16H2,1-4H3. The normalized spacial score (nSPS) is 23.2. The van der Waals surface area contributed by atoms with Crippen molar-refractivity contribution in [1.82, 2.24) is 0 Å². The van der Waals surface area contributed by atoms with E-state index in [4.69, 9.17) is 10.5 Å². The summed E-state index contributed by atoms with van der Waals surface area (Å²) in [7, 11) is 3.87. The topological polar surface area (TPSA) is 38.5 Å². The summed E-state index contributed by atoms with van der Waals surface area (Å²) in [4.78, 5) is 2.31. The molecule has 0 aliphatic heterocycles. The molecule has 2 N–H and O–H groups in total. The number of nitrogens with zero attached hydrogens (tertiary/aromatic N) is 1. The molecule has 0 aromatic heterocycles. The Bertz CT molecular complexity index is 431. The molecule has 3 nitrogen and oxygen atoms in total. The van der Waals surface area contributed by atoms with Gasteiger partial charge in [-0.1, -0.05) is 6.07 Å². The van der Waals surface area contributed by atoms with Gasteiger partial charge < -0.3 is 15.4 Å². The van der Waals surface area contributed by atoms with Crippen LogP contribution in [0.25, 0.3) is 0 Å². The van der Waals surface area contributed by atoms with Crippen molar-refractivity contribution in [2.45, 2.75) is 45.2 Å². The molecule has 2 rings (SSSR count). The minimum atomic E-state index is 0.278. The molecule has 0 amide bonds. The lowest BCUT2D eigenvalue weighted by Gasteiger charge is -2.32. The average Bonchev–Trinajstić information content (AvgIpc) is 2.73. The fraction of sp³-hybridized carbons (Fsp3) is 0.600. The largest absolute Gasteiger partial charge is 0.495 e. The Morgan fingerprint density at radius 2 is 2.00 bits per heavy atom. The maximum Gasteiger partial charge on any atom is 0.142 e. The first-order valence-electron chi connectivity index (χ1n) is 6.68. The summed E-state index contributed by atoms with van der Waals surface area (Å²) in [6.45, 7) is 4.24. The molecule has 3 heteroatoms. The second-order valence-electron chi connectivity index (χ2n) is 5.41. The van der Waals surface area contributed by atoms with E-state index >= 15 is 0 Å². The fourth-order valence-corrected chi connectivity index (χ4v) is 3.14. The van der Waals surface area contributed by atoms with Crippen molar-refractivity contribution < 1.29 is 4.74 Å². The number of ether oxygens (including phenoxy) is 1. The molecule has 1 aliphatic rings. The molecule has 1 fully saturated rings. The number of hydrogen-bond donors (Lipinski definition) is 1. The first kappa shape index (κ1) is 13.2. The zero-order valence-corrected chi connectivity index (χ0v) is 11.9. The van der Waals surface area contributed by atoms with E-state index in [9.17, 15) is 0 Å². The monoisotopic (exact) mass is 248 g/mol. The van der Waals surface area contributed by atoms with E-state index in [1.807, 2.05) is 0 Å². The van der Waals surface area contributed by atoms with Gasteiger partial charge >= 0.3 is 0 Å². The highest BCUT2D eigenvalue weighted by Gasteiger charge is 2.29. The molecule has 0 saturated heterocycles. The third-order valence-electron chi connectivity index (χ3n) is 4.01. The number of aryl methyl sites for hydroxylation is 2. The maximum absolute atomic E-state index is 6.21. The van der Waals surface area contributed by atoms with Gasteiger partial charge in [-0.05, 0) is 50.3 Å². The van der Waals surface area contributed by atoms with E-state index in [1.165, 1.54) is 29.7 Å². The lowest BCUT2D eigenvalue weighted by Crippen LogP contribution is -2.42. The number of nitrogens with two attached hydrogens (primary N) is 1. The quantitative estimate of drug-likeness (QED) is 0.893. The molecule has 0 heterocycles. The molecular weight excluding hydrogens is 224 g/mol. The Morgan fingerprint density at radius 3 is 2.56 bits per heavy atom. The van der Waals surface area contributed by atoms with Crippen LogP contribution in [0.5, 0.6) is 5.75 Å².